The Morgan fingerprint density at radius 2 is 1.67 bits per heavy atom. The molecule has 162 valence electrons. The van der Waals surface area contributed by atoms with Crippen molar-refractivity contribution in [2.75, 3.05) is 7.11 Å². The number of hydrogen-bond donors (Lipinski definition) is 1. The summed E-state index contributed by atoms with van der Waals surface area (Å²) in [6.07, 6.45) is 5.73. The Kier molecular flexibility index (Phi) is 7.78. The summed E-state index contributed by atoms with van der Waals surface area (Å²) in [5.41, 5.74) is 3.87. The molecule has 0 aromatic heterocycles. The largest absolute Gasteiger partial charge is 0.497 e. The van der Waals surface area contributed by atoms with Crippen LogP contribution in [0.1, 0.15) is 69.2 Å². The highest BCUT2D eigenvalue weighted by atomic mass is 16.5. The number of benzene rings is 2. The lowest BCUT2D eigenvalue weighted by Gasteiger charge is -2.25. The summed E-state index contributed by atoms with van der Waals surface area (Å²) >= 11 is 0. The molecule has 1 N–H and O–H groups in total. The van der Waals surface area contributed by atoms with Crippen LogP contribution >= 0.6 is 0 Å². The molecule has 1 amide bonds. The highest BCUT2D eigenvalue weighted by Crippen LogP contribution is 2.27. The number of fused-ring (bicyclic) bond motifs is 1. The number of hydrogen-bond acceptors (Lipinski definition) is 3. The molecule has 1 aliphatic rings. The summed E-state index contributed by atoms with van der Waals surface area (Å²) in [4.78, 5) is 13.1. The topological polar surface area (TPSA) is 47.6 Å². The molecule has 0 aliphatic heterocycles. The van der Waals surface area contributed by atoms with E-state index in [2.05, 4.69) is 31.3 Å². The van der Waals surface area contributed by atoms with E-state index in [9.17, 15) is 4.79 Å². The number of methoxy groups -OCH3 is 1. The Hall–Kier alpha value is -2.49. The van der Waals surface area contributed by atoms with E-state index in [1.165, 1.54) is 24.0 Å². The van der Waals surface area contributed by atoms with Crippen LogP contribution in [0.25, 0.3) is 0 Å². The third-order valence-corrected chi connectivity index (χ3v) is 5.80. The first-order chi connectivity index (χ1) is 14.5. The van der Waals surface area contributed by atoms with E-state index in [-0.39, 0.29) is 11.9 Å². The average molecular weight is 410 g/mol. The van der Waals surface area contributed by atoms with Gasteiger partial charge in [-0.25, -0.2) is 0 Å². The lowest BCUT2D eigenvalue weighted by molar-refractivity contribution is -0.129. The second kappa shape index (κ2) is 10.5. The van der Waals surface area contributed by atoms with Crippen LogP contribution in [-0.2, 0) is 17.6 Å². The molecule has 0 fully saturated rings. The van der Waals surface area contributed by atoms with Crippen molar-refractivity contribution in [1.29, 1.82) is 0 Å². The van der Waals surface area contributed by atoms with Crippen molar-refractivity contribution in [3.05, 3.63) is 59.2 Å². The van der Waals surface area contributed by atoms with Gasteiger partial charge in [-0.3, -0.25) is 4.79 Å². The first kappa shape index (κ1) is 22.2. The Morgan fingerprint density at radius 1 is 1.00 bits per heavy atom. The Bertz CT molecular complexity index is 829. The number of amides is 1. The summed E-state index contributed by atoms with van der Waals surface area (Å²) in [5.74, 6) is 2.01. The number of ether oxygens (including phenoxy) is 2. The van der Waals surface area contributed by atoms with E-state index in [0.29, 0.717) is 12.3 Å². The molecule has 0 bridgehead atoms. The van der Waals surface area contributed by atoms with Gasteiger partial charge in [-0.15, -0.1) is 0 Å². The van der Waals surface area contributed by atoms with E-state index in [1.54, 1.807) is 7.11 Å². The lowest BCUT2D eigenvalue weighted by Crippen LogP contribution is -2.40. The Labute approximate surface area is 181 Å². The van der Waals surface area contributed by atoms with Gasteiger partial charge in [0.15, 0.2) is 6.10 Å². The Morgan fingerprint density at radius 3 is 2.30 bits per heavy atom. The van der Waals surface area contributed by atoms with Crippen molar-refractivity contribution in [1.82, 2.24) is 5.32 Å². The summed E-state index contributed by atoms with van der Waals surface area (Å²) in [6.45, 7) is 6.33. The predicted octanol–water partition coefficient (Wildman–Crippen LogP) is 5.64. The van der Waals surface area contributed by atoms with Crippen molar-refractivity contribution < 1.29 is 14.3 Å². The van der Waals surface area contributed by atoms with Crippen LogP contribution in [0.15, 0.2) is 42.5 Å². The molecule has 2 aromatic rings. The summed E-state index contributed by atoms with van der Waals surface area (Å²) < 4.78 is 11.4. The lowest BCUT2D eigenvalue weighted by atomic mass is 9.92. The summed E-state index contributed by atoms with van der Waals surface area (Å²) in [6, 6.07) is 14.2. The number of aryl methyl sites for hydroxylation is 2. The monoisotopic (exact) mass is 409 g/mol. The van der Waals surface area contributed by atoms with Crippen LogP contribution in [0.5, 0.6) is 11.5 Å². The maximum absolute atomic E-state index is 13.1. The first-order valence-electron chi connectivity index (χ1n) is 11.2. The molecule has 0 heterocycles. The van der Waals surface area contributed by atoms with Gasteiger partial charge in [-0.2, -0.15) is 0 Å². The highest BCUT2D eigenvalue weighted by Gasteiger charge is 2.24. The van der Waals surface area contributed by atoms with Gasteiger partial charge in [0.1, 0.15) is 11.5 Å². The summed E-state index contributed by atoms with van der Waals surface area (Å²) in [5, 5.41) is 3.23. The fourth-order valence-corrected chi connectivity index (χ4v) is 4.12. The molecular formula is C26H35NO3. The minimum absolute atomic E-state index is 0.0513. The van der Waals surface area contributed by atoms with Crippen LogP contribution in [0.3, 0.4) is 0 Å². The molecule has 3 rings (SSSR count). The van der Waals surface area contributed by atoms with Crippen molar-refractivity contribution in [3.63, 3.8) is 0 Å². The molecule has 0 spiro atoms. The maximum Gasteiger partial charge on any atom is 0.261 e. The molecule has 2 aromatic carbocycles. The first-order valence-corrected chi connectivity index (χ1v) is 11.2. The predicted molar refractivity (Wildman–Crippen MR) is 121 cm³/mol. The van der Waals surface area contributed by atoms with Crippen molar-refractivity contribution in [2.45, 2.75) is 71.4 Å². The van der Waals surface area contributed by atoms with Gasteiger partial charge >= 0.3 is 0 Å². The number of carbonyl (C=O) groups excluding carboxylic acids is 1. The molecule has 1 aliphatic carbocycles. The van der Waals surface area contributed by atoms with Gasteiger partial charge in [-0.1, -0.05) is 39.0 Å². The van der Waals surface area contributed by atoms with Crippen LogP contribution in [0.4, 0.5) is 0 Å². The van der Waals surface area contributed by atoms with Gasteiger partial charge in [0, 0.05) is 0 Å². The molecule has 30 heavy (non-hydrogen) atoms. The van der Waals surface area contributed by atoms with E-state index in [4.69, 9.17) is 9.47 Å². The molecule has 0 radical (unpaired) electrons. The third kappa shape index (κ3) is 5.78. The number of nitrogens with one attached hydrogen (secondary N) is 1. The van der Waals surface area contributed by atoms with E-state index < -0.39 is 6.10 Å². The zero-order chi connectivity index (χ0) is 21.5. The minimum atomic E-state index is -0.500. The van der Waals surface area contributed by atoms with Gasteiger partial charge < -0.3 is 14.8 Å². The van der Waals surface area contributed by atoms with Crippen LogP contribution in [-0.4, -0.2) is 19.1 Å². The molecule has 0 unspecified atom stereocenters. The zero-order valence-corrected chi connectivity index (χ0v) is 18.7. The van der Waals surface area contributed by atoms with Crippen LogP contribution in [0.2, 0.25) is 0 Å². The van der Waals surface area contributed by atoms with Gasteiger partial charge in [0.2, 0.25) is 0 Å². The fourth-order valence-electron chi connectivity index (χ4n) is 4.12. The normalized spacial score (nSPS) is 15.2. The number of rotatable bonds is 9. The Balaban J connectivity index is 1.70. The maximum atomic E-state index is 13.1. The fraction of sp³-hybridized carbons (Fsp3) is 0.500. The summed E-state index contributed by atoms with van der Waals surface area (Å²) in [7, 11) is 1.66. The molecule has 0 saturated carbocycles. The molecule has 2 atom stereocenters. The minimum Gasteiger partial charge on any atom is -0.497 e. The van der Waals surface area contributed by atoms with Crippen LogP contribution in [0, 0.1) is 5.92 Å². The molecular weight excluding hydrogens is 374 g/mol. The quantitative estimate of drug-likeness (QED) is 0.583. The van der Waals surface area contributed by atoms with E-state index in [1.807, 2.05) is 37.3 Å². The zero-order valence-electron chi connectivity index (χ0n) is 18.7. The van der Waals surface area contributed by atoms with E-state index in [0.717, 1.165) is 36.3 Å². The second-order valence-corrected chi connectivity index (χ2v) is 8.62. The van der Waals surface area contributed by atoms with Crippen molar-refractivity contribution in [2.24, 2.45) is 5.92 Å². The van der Waals surface area contributed by atoms with Gasteiger partial charge in [0.05, 0.1) is 13.2 Å². The smallest absolute Gasteiger partial charge is 0.261 e. The highest BCUT2D eigenvalue weighted by molar-refractivity contribution is 5.81. The number of carbonyl (C=O) groups is 1. The van der Waals surface area contributed by atoms with Crippen molar-refractivity contribution >= 4 is 5.91 Å². The van der Waals surface area contributed by atoms with Gasteiger partial charge in [-0.05, 0) is 85.4 Å². The molecule has 4 nitrogen and oxygen atoms in total. The van der Waals surface area contributed by atoms with Gasteiger partial charge in [0.25, 0.3) is 5.91 Å². The van der Waals surface area contributed by atoms with Crippen LogP contribution < -0.4 is 14.8 Å². The average Bonchev–Trinajstić information content (AvgIpc) is 2.76. The SMILES string of the molecule is CC[C@@H](Oc1ccc2c(c1)CCCC2)C(=O)N[C@@H](CC(C)C)c1ccc(OC)cc1. The second-order valence-electron chi connectivity index (χ2n) is 8.62. The standard InChI is InChI=1S/C26H35NO3/c1-5-25(30-23-15-10-19-8-6-7-9-21(19)17-23)26(28)27-24(16-18(2)3)20-11-13-22(29-4)14-12-20/h10-15,17-18,24-25H,5-9,16H2,1-4H3,(H,27,28)/t24-,25+/m0/s1. The molecule has 4 heteroatoms. The third-order valence-electron chi connectivity index (χ3n) is 5.80. The molecule has 0 saturated heterocycles. The van der Waals surface area contributed by atoms with E-state index >= 15 is 0 Å². The van der Waals surface area contributed by atoms with Crippen molar-refractivity contribution in [3.8, 4) is 11.5 Å².